The SMILES string of the molecule is CCN(CCC(=O)O)C(=O)c1csc(-c2ccc(OC(C)C)cc2)n1. The maximum absolute atomic E-state index is 12.5. The van der Waals surface area contributed by atoms with Gasteiger partial charge in [0.2, 0.25) is 0 Å². The molecule has 7 heteroatoms. The maximum Gasteiger partial charge on any atom is 0.305 e. The molecule has 0 spiro atoms. The first-order valence-electron chi connectivity index (χ1n) is 8.14. The van der Waals surface area contributed by atoms with Crippen molar-refractivity contribution in [1.82, 2.24) is 9.88 Å². The Bertz CT molecular complexity index is 725. The van der Waals surface area contributed by atoms with Crippen LogP contribution in [-0.4, -0.2) is 46.1 Å². The zero-order chi connectivity index (χ0) is 18.4. The third-order valence-corrected chi connectivity index (χ3v) is 4.35. The molecule has 1 heterocycles. The molecule has 0 bridgehead atoms. The molecule has 0 unspecified atom stereocenters. The van der Waals surface area contributed by atoms with E-state index in [1.54, 1.807) is 5.38 Å². The van der Waals surface area contributed by atoms with E-state index >= 15 is 0 Å². The first kappa shape index (κ1) is 18.9. The van der Waals surface area contributed by atoms with Crippen LogP contribution in [0.2, 0.25) is 0 Å². The van der Waals surface area contributed by atoms with Crippen molar-refractivity contribution in [3.05, 3.63) is 35.3 Å². The molecule has 6 nitrogen and oxygen atoms in total. The molecule has 25 heavy (non-hydrogen) atoms. The van der Waals surface area contributed by atoms with Gasteiger partial charge in [-0.05, 0) is 45.0 Å². The molecule has 2 aromatic rings. The first-order valence-corrected chi connectivity index (χ1v) is 9.02. The Labute approximate surface area is 151 Å². The number of ether oxygens (including phenoxy) is 1. The van der Waals surface area contributed by atoms with Gasteiger partial charge in [0.1, 0.15) is 16.5 Å². The predicted octanol–water partition coefficient (Wildman–Crippen LogP) is 3.53. The Hall–Kier alpha value is -2.41. The quantitative estimate of drug-likeness (QED) is 0.777. The zero-order valence-corrected chi connectivity index (χ0v) is 15.4. The summed E-state index contributed by atoms with van der Waals surface area (Å²) in [6.45, 7) is 6.38. The average Bonchev–Trinajstić information content (AvgIpc) is 3.05. The lowest BCUT2D eigenvalue weighted by molar-refractivity contribution is -0.137. The van der Waals surface area contributed by atoms with Crippen molar-refractivity contribution in [1.29, 1.82) is 0 Å². The smallest absolute Gasteiger partial charge is 0.305 e. The summed E-state index contributed by atoms with van der Waals surface area (Å²) in [5.41, 5.74) is 1.25. The normalized spacial score (nSPS) is 10.7. The standard InChI is InChI=1S/C18H22N2O4S/c1-4-20(10-9-16(21)22)18(23)15-11-25-17(19-15)13-5-7-14(8-6-13)24-12(2)3/h5-8,11-12H,4,9-10H2,1-3H3,(H,21,22). The number of benzene rings is 1. The molecular formula is C18H22N2O4S. The second-order valence-electron chi connectivity index (χ2n) is 5.76. The summed E-state index contributed by atoms with van der Waals surface area (Å²) in [5.74, 6) is -0.377. The molecule has 0 aliphatic carbocycles. The van der Waals surface area contributed by atoms with Crippen molar-refractivity contribution in [3.8, 4) is 16.3 Å². The minimum absolute atomic E-state index is 0.0755. The summed E-state index contributed by atoms with van der Waals surface area (Å²) < 4.78 is 5.61. The Kier molecular flexibility index (Phi) is 6.52. The number of amides is 1. The van der Waals surface area contributed by atoms with Crippen LogP contribution in [0.4, 0.5) is 0 Å². The van der Waals surface area contributed by atoms with Crippen LogP contribution in [0.1, 0.15) is 37.7 Å². The molecule has 0 aliphatic rings. The van der Waals surface area contributed by atoms with Crippen LogP contribution < -0.4 is 4.74 Å². The Morgan fingerprint density at radius 1 is 1.28 bits per heavy atom. The third kappa shape index (κ3) is 5.29. The van der Waals surface area contributed by atoms with Gasteiger partial charge < -0.3 is 14.7 Å². The third-order valence-electron chi connectivity index (χ3n) is 3.46. The van der Waals surface area contributed by atoms with E-state index in [1.807, 2.05) is 45.0 Å². The monoisotopic (exact) mass is 362 g/mol. The van der Waals surface area contributed by atoms with E-state index in [2.05, 4.69) is 4.98 Å². The van der Waals surface area contributed by atoms with Gasteiger partial charge in [0.15, 0.2) is 0 Å². The summed E-state index contributed by atoms with van der Waals surface area (Å²) in [4.78, 5) is 29.1. The van der Waals surface area contributed by atoms with Crippen molar-refractivity contribution in [2.24, 2.45) is 0 Å². The van der Waals surface area contributed by atoms with E-state index in [1.165, 1.54) is 16.2 Å². The number of hydrogen-bond acceptors (Lipinski definition) is 5. The summed E-state index contributed by atoms with van der Waals surface area (Å²) in [6.07, 6.45) is 0.0363. The number of carbonyl (C=O) groups is 2. The highest BCUT2D eigenvalue weighted by Gasteiger charge is 2.18. The molecular weight excluding hydrogens is 340 g/mol. The van der Waals surface area contributed by atoms with E-state index in [0.29, 0.717) is 12.2 Å². The first-order chi connectivity index (χ1) is 11.9. The fourth-order valence-corrected chi connectivity index (χ4v) is 3.05. The van der Waals surface area contributed by atoms with Gasteiger partial charge in [-0.15, -0.1) is 11.3 Å². The summed E-state index contributed by atoms with van der Waals surface area (Å²) in [7, 11) is 0. The van der Waals surface area contributed by atoms with Gasteiger partial charge in [-0.25, -0.2) is 4.98 Å². The van der Waals surface area contributed by atoms with Crippen LogP contribution in [0.25, 0.3) is 10.6 Å². The van der Waals surface area contributed by atoms with Crippen LogP contribution in [0.15, 0.2) is 29.6 Å². The molecule has 1 N–H and O–H groups in total. The fraction of sp³-hybridized carbons (Fsp3) is 0.389. The number of carbonyl (C=O) groups excluding carboxylic acids is 1. The average molecular weight is 362 g/mol. The molecule has 1 aromatic heterocycles. The summed E-state index contributed by atoms with van der Waals surface area (Å²) in [6, 6.07) is 7.58. The van der Waals surface area contributed by atoms with Gasteiger partial charge in [0.05, 0.1) is 12.5 Å². The molecule has 0 fully saturated rings. The number of aliphatic carboxylic acids is 1. The molecule has 0 saturated heterocycles. The largest absolute Gasteiger partial charge is 0.491 e. The highest BCUT2D eigenvalue weighted by Crippen LogP contribution is 2.26. The van der Waals surface area contributed by atoms with Crippen molar-refractivity contribution >= 4 is 23.2 Å². The van der Waals surface area contributed by atoms with Gasteiger partial charge >= 0.3 is 5.97 Å². The van der Waals surface area contributed by atoms with Crippen LogP contribution in [-0.2, 0) is 4.79 Å². The van der Waals surface area contributed by atoms with Gasteiger partial charge in [-0.1, -0.05) is 0 Å². The number of thiazole rings is 1. The fourth-order valence-electron chi connectivity index (χ4n) is 2.25. The van der Waals surface area contributed by atoms with Gasteiger partial charge in [0.25, 0.3) is 5.91 Å². The number of carboxylic acids is 1. The lowest BCUT2D eigenvalue weighted by Crippen LogP contribution is -2.33. The second kappa shape index (κ2) is 8.62. The molecule has 2 rings (SSSR count). The van der Waals surface area contributed by atoms with Crippen molar-refractivity contribution in [2.75, 3.05) is 13.1 Å². The van der Waals surface area contributed by atoms with Gasteiger partial charge in [-0.3, -0.25) is 9.59 Å². The Morgan fingerprint density at radius 3 is 2.52 bits per heavy atom. The summed E-state index contributed by atoms with van der Waals surface area (Å²) in [5, 5.41) is 11.2. The predicted molar refractivity (Wildman–Crippen MR) is 97.1 cm³/mol. The molecule has 0 aliphatic heterocycles. The lowest BCUT2D eigenvalue weighted by atomic mass is 10.2. The van der Waals surface area contributed by atoms with E-state index in [0.717, 1.165) is 16.3 Å². The van der Waals surface area contributed by atoms with Gasteiger partial charge in [0, 0.05) is 24.0 Å². The molecule has 134 valence electrons. The maximum atomic E-state index is 12.5. The number of carboxylic acid groups (broad SMARTS) is 1. The Balaban J connectivity index is 2.10. The highest BCUT2D eigenvalue weighted by atomic mass is 32.1. The number of aromatic nitrogens is 1. The van der Waals surface area contributed by atoms with Crippen molar-refractivity contribution < 1.29 is 19.4 Å². The van der Waals surface area contributed by atoms with Gasteiger partial charge in [-0.2, -0.15) is 0 Å². The molecule has 1 aromatic carbocycles. The van der Waals surface area contributed by atoms with E-state index in [9.17, 15) is 9.59 Å². The molecule has 0 radical (unpaired) electrons. The zero-order valence-electron chi connectivity index (χ0n) is 14.6. The minimum Gasteiger partial charge on any atom is -0.491 e. The molecule has 0 atom stereocenters. The highest BCUT2D eigenvalue weighted by molar-refractivity contribution is 7.13. The van der Waals surface area contributed by atoms with Crippen LogP contribution >= 0.6 is 11.3 Å². The van der Waals surface area contributed by atoms with Crippen LogP contribution in [0.5, 0.6) is 5.75 Å². The van der Waals surface area contributed by atoms with E-state index in [4.69, 9.17) is 9.84 Å². The molecule has 1 amide bonds. The topological polar surface area (TPSA) is 79.7 Å². The lowest BCUT2D eigenvalue weighted by Gasteiger charge is -2.18. The number of rotatable bonds is 8. The minimum atomic E-state index is -0.922. The van der Waals surface area contributed by atoms with Crippen molar-refractivity contribution in [3.63, 3.8) is 0 Å². The Morgan fingerprint density at radius 2 is 1.96 bits per heavy atom. The van der Waals surface area contributed by atoms with Crippen molar-refractivity contribution in [2.45, 2.75) is 33.3 Å². The van der Waals surface area contributed by atoms with E-state index < -0.39 is 5.97 Å². The second-order valence-corrected chi connectivity index (χ2v) is 6.62. The van der Waals surface area contributed by atoms with Crippen LogP contribution in [0, 0.1) is 0 Å². The number of hydrogen-bond donors (Lipinski definition) is 1. The number of nitrogens with zero attached hydrogens (tertiary/aromatic N) is 2. The summed E-state index contributed by atoms with van der Waals surface area (Å²) >= 11 is 1.39. The van der Waals surface area contributed by atoms with E-state index in [-0.39, 0.29) is 25.0 Å². The van der Waals surface area contributed by atoms with Crippen LogP contribution in [0.3, 0.4) is 0 Å². The molecule has 0 saturated carbocycles.